The van der Waals surface area contributed by atoms with Crippen LogP contribution >= 0.6 is 8.96 Å². The Hall–Kier alpha value is 0.260. The average Bonchev–Trinajstić information content (AvgIpc) is 2.94. The predicted molar refractivity (Wildman–Crippen MR) is 115 cm³/mol. The molecule has 0 amide bonds. The molecule has 1 aromatic carbocycles. The quantitative estimate of drug-likeness (QED) is 0.300. The third kappa shape index (κ3) is 4.00. The molecule has 2 bridgehead atoms. The summed E-state index contributed by atoms with van der Waals surface area (Å²) in [6.07, 6.45) is 8.54. The predicted octanol–water partition coefficient (Wildman–Crippen LogP) is 6.72. The van der Waals surface area contributed by atoms with Crippen LogP contribution in [0, 0.1) is 16.7 Å². The second-order valence-electron chi connectivity index (χ2n) is 9.34. The van der Waals surface area contributed by atoms with Crippen molar-refractivity contribution in [3.63, 3.8) is 0 Å². The number of benzene rings is 1. The zero-order valence-corrected chi connectivity index (χ0v) is 19.9. The molecule has 3 rings (SSSR count). The molecule has 4 atom stereocenters. The van der Waals surface area contributed by atoms with Crippen molar-refractivity contribution in [2.24, 2.45) is 16.7 Å². The van der Waals surface area contributed by atoms with Crippen molar-refractivity contribution in [2.75, 3.05) is 0 Å². The number of hydrogen-bond acceptors (Lipinski definition) is 1. The number of hydrogen-bond donors (Lipinski definition) is 1. The first kappa shape index (κ1) is 21.0. The van der Waals surface area contributed by atoms with Gasteiger partial charge in [0.05, 0.1) is 0 Å². The number of rotatable bonds is 9. The van der Waals surface area contributed by atoms with E-state index < -0.39 is 17.1 Å². The van der Waals surface area contributed by atoms with Gasteiger partial charge >= 0.3 is 169 Å². The molecular weight excluding hydrogens is 455 g/mol. The van der Waals surface area contributed by atoms with Gasteiger partial charge in [-0.1, -0.05) is 0 Å². The minimum absolute atomic E-state index is 0.0834. The van der Waals surface area contributed by atoms with Crippen molar-refractivity contribution in [2.45, 2.75) is 85.2 Å². The Labute approximate surface area is 168 Å². The van der Waals surface area contributed by atoms with Crippen molar-refractivity contribution in [1.29, 1.82) is 0 Å². The van der Waals surface area contributed by atoms with E-state index in [1.165, 1.54) is 48.6 Å². The van der Waals surface area contributed by atoms with Gasteiger partial charge < -0.3 is 0 Å². The summed E-state index contributed by atoms with van der Waals surface area (Å²) < 4.78 is 3.49. The van der Waals surface area contributed by atoms with Crippen LogP contribution in [0.25, 0.3) is 0 Å². The van der Waals surface area contributed by atoms with Gasteiger partial charge in [0.25, 0.3) is 0 Å². The molecular formula is C23H37ClOTe. The third-order valence-corrected chi connectivity index (χ3v) is 18.3. The van der Waals surface area contributed by atoms with Crippen molar-refractivity contribution in [3.05, 3.63) is 35.9 Å². The monoisotopic (exact) mass is 494 g/mol. The number of aliphatic hydroxyl groups excluding tert-OH is 1. The van der Waals surface area contributed by atoms with E-state index >= 15 is 0 Å². The van der Waals surface area contributed by atoms with Gasteiger partial charge in [-0.2, -0.15) is 0 Å². The Morgan fingerprint density at radius 1 is 1.15 bits per heavy atom. The van der Waals surface area contributed by atoms with Crippen molar-refractivity contribution in [1.82, 2.24) is 0 Å². The molecule has 1 aromatic rings. The summed E-state index contributed by atoms with van der Waals surface area (Å²) >= 11 is -2.63. The van der Waals surface area contributed by atoms with E-state index in [-0.39, 0.29) is 16.9 Å². The molecule has 2 aliphatic carbocycles. The summed E-state index contributed by atoms with van der Waals surface area (Å²) in [5.74, 6) is 0.693. The molecule has 2 saturated carbocycles. The van der Waals surface area contributed by atoms with Gasteiger partial charge in [-0.25, -0.2) is 0 Å². The zero-order valence-electron chi connectivity index (χ0n) is 16.8. The van der Waals surface area contributed by atoms with Crippen LogP contribution in [0.5, 0.6) is 0 Å². The Balaban J connectivity index is 1.81. The van der Waals surface area contributed by atoms with E-state index in [4.69, 9.17) is 8.96 Å². The Morgan fingerprint density at radius 2 is 1.88 bits per heavy atom. The summed E-state index contributed by atoms with van der Waals surface area (Å²) in [6, 6.07) is 10.9. The van der Waals surface area contributed by atoms with E-state index in [0.717, 1.165) is 15.4 Å². The molecule has 0 aliphatic heterocycles. The number of aliphatic hydroxyl groups is 1. The van der Waals surface area contributed by atoms with Gasteiger partial charge in [0.15, 0.2) is 0 Å². The van der Waals surface area contributed by atoms with Crippen LogP contribution in [-0.4, -0.2) is 28.3 Å². The molecule has 148 valence electrons. The molecule has 0 heterocycles. The van der Waals surface area contributed by atoms with Crippen molar-refractivity contribution in [3.8, 4) is 0 Å². The molecule has 0 spiro atoms. The van der Waals surface area contributed by atoms with Gasteiger partial charge in [-0.05, 0) is 0 Å². The molecule has 0 radical (unpaired) electrons. The van der Waals surface area contributed by atoms with E-state index in [1.807, 2.05) is 0 Å². The van der Waals surface area contributed by atoms with Gasteiger partial charge in [0.2, 0.25) is 0 Å². The fourth-order valence-electron chi connectivity index (χ4n) is 5.70. The minimum atomic E-state index is -2.63. The molecule has 1 N–H and O–H groups in total. The van der Waals surface area contributed by atoms with Crippen LogP contribution in [0.4, 0.5) is 0 Å². The molecule has 1 nitrogen and oxygen atoms in total. The summed E-state index contributed by atoms with van der Waals surface area (Å²) in [5, 5.41) is 11.0. The summed E-state index contributed by atoms with van der Waals surface area (Å²) in [7, 11) is 7.59. The summed E-state index contributed by atoms with van der Waals surface area (Å²) in [5.41, 5.74) is 1.74. The first-order valence-electron chi connectivity index (χ1n) is 10.5. The Morgan fingerprint density at radius 3 is 2.46 bits per heavy atom. The van der Waals surface area contributed by atoms with Gasteiger partial charge in [0.1, 0.15) is 0 Å². The molecule has 2 aliphatic rings. The number of unbranched alkanes of at least 4 members (excludes halogenated alkanes) is 3. The van der Waals surface area contributed by atoms with Crippen LogP contribution < -0.4 is 0 Å². The average molecular weight is 493 g/mol. The summed E-state index contributed by atoms with van der Waals surface area (Å²) in [6.45, 7) is 7.11. The molecule has 2 fully saturated rings. The second kappa shape index (κ2) is 8.32. The standard InChI is InChI=1S/C23H37ClOTe/c1-4-5-6-10-15-26(24,17-19-11-8-7-9-12-19)18-23-14-13-20(16-21(23)25)22(23,2)3/h7-9,11-12,20-21,25H,4-6,10,13-18H2,1-3H3. The molecule has 26 heavy (non-hydrogen) atoms. The van der Waals surface area contributed by atoms with Crippen LogP contribution in [0.15, 0.2) is 30.3 Å². The maximum atomic E-state index is 11.0. The summed E-state index contributed by atoms with van der Waals surface area (Å²) in [4.78, 5) is 0. The normalized spacial score (nSPS) is 33.1. The van der Waals surface area contributed by atoms with Crippen LogP contribution in [0.3, 0.4) is 0 Å². The van der Waals surface area contributed by atoms with Gasteiger partial charge in [0, 0.05) is 0 Å². The van der Waals surface area contributed by atoms with E-state index in [9.17, 15) is 5.11 Å². The topological polar surface area (TPSA) is 20.2 Å². The molecule has 4 unspecified atom stereocenters. The second-order valence-corrected chi connectivity index (χ2v) is 21.9. The maximum absolute atomic E-state index is 11.0. The fraction of sp³-hybridized carbons (Fsp3) is 0.739. The first-order chi connectivity index (χ1) is 12.3. The van der Waals surface area contributed by atoms with Crippen molar-refractivity contribution < 1.29 is 5.11 Å². The number of fused-ring (bicyclic) bond motifs is 2. The third-order valence-electron chi connectivity index (χ3n) is 7.54. The SMILES string of the molecule is CCCCCC[Te](Cl)(Cc1ccccc1)CC12CCC(CC1O)C2(C)C. The Bertz CT molecular complexity index is 589. The molecule has 3 heteroatoms. The fourth-order valence-corrected chi connectivity index (χ4v) is 18.7. The van der Waals surface area contributed by atoms with Gasteiger partial charge in [-0.3, -0.25) is 0 Å². The van der Waals surface area contributed by atoms with Crippen molar-refractivity contribution >= 4 is 26.0 Å². The van der Waals surface area contributed by atoms with Gasteiger partial charge in [-0.15, -0.1) is 0 Å². The molecule has 0 saturated heterocycles. The van der Waals surface area contributed by atoms with E-state index in [1.54, 1.807) is 0 Å². The molecule has 0 aromatic heterocycles. The van der Waals surface area contributed by atoms with E-state index in [2.05, 4.69) is 51.1 Å². The van der Waals surface area contributed by atoms with E-state index in [0.29, 0.717) is 5.92 Å². The van der Waals surface area contributed by atoms with Crippen LogP contribution in [-0.2, 0) is 4.47 Å². The number of halogens is 1. The van der Waals surface area contributed by atoms with Crippen LogP contribution in [0.1, 0.15) is 71.3 Å². The Kier molecular flexibility index (Phi) is 6.72. The van der Waals surface area contributed by atoms with Crippen LogP contribution in [0.2, 0.25) is 8.94 Å². The first-order valence-corrected chi connectivity index (χ1v) is 18.4. The zero-order chi connectivity index (χ0) is 18.8.